The Morgan fingerprint density at radius 2 is 0.636 bits per heavy atom. The molecule has 0 aliphatic rings. The summed E-state index contributed by atoms with van der Waals surface area (Å²) in [6.45, 7) is 3.95. The second-order valence-electron chi connectivity index (χ2n) is 16.1. The maximum absolute atomic E-state index is 5.14. The third-order valence-corrected chi connectivity index (χ3v) is 11.5. The lowest BCUT2D eigenvalue weighted by Crippen LogP contribution is -2.01. The highest BCUT2D eigenvalue weighted by Crippen LogP contribution is 2.41. The molecule has 8 heteroatoms. The molecule has 0 spiro atoms. The van der Waals surface area contributed by atoms with E-state index in [1.54, 1.807) is 0 Å². The van der Waals surface area contributed by atoms with Gasteiger partial charge in [-0.05, 0) is 71.1 Å². The van der Waals surface area contributed by atoms with Crippen molar-refractivity contribution in [3.63, 3.8) is 0 Å². The van der Waals surface area contributed by atoms with E-state index in [2.05, 4.69) is 120 Å². The molecule has 0 saturated carbocycles. The van der Waals surface area contributed by atoms with E-state index in [9.17, 15) is 0 Å². The summed E-state index contributed by atoms with van der Waals surface area (Å²) in [7, 11) is 0. The minimum Gasteiger partial charge on any atom is -0.239 e. The molecule has 312 valence electrons. The highest BCUT2D eigenvalue weighted by molar-refractivity contribution is 5.95. The summed E-state index contributed by atoms with van der Waals surface area (Å²) in [5.41, 5.74) is 12.1. The maximum Gasteiger partial charge on any atom is 0.164 e. The van der Waals surface area contributed by atoms with Gasteiger partial charge < -0.3 is 0 Å². The van der Waals surface area contributed by atoms with E-state index in [0.29, 0.717) is 40.8 Å². The molecular weight excluding hydrogens is 809 g/mol. The molecule has 0 aliphatic heterocycles. The number of aryl methyl sites for hydroxylation is 2. The number of hydrogen-bond donors (Lipinski definition) is 0. The van der Waals surface area contributed by atoms with E-state index in [1.807, 2.05) is 105 Å². The summed E-state index contributed by atoms with van der Waals surface area (Å²) in [6.07, 6.45) is 0. The van der Waals surface area contributed by atoms with Crippen molar-refractivity contribution in [3.05, 3.63) is 218 Å². The molecule has 0 radical (unpaired) electrons. The monoisotopic (exact) mass is 848 g/mol. The molecule has 0 atom stereocenters. The van der Waals surface area contributed by atoms with Crippen molar-refractivity contribution in [2.24, 2.45) is 0 Å². The minimum atomic E-state index is 0.579. The number of benzene rings is 8. The van der Waals surface area contributed by atoms with Crippen molar-refractivity contribution in [2.75, 3.05) is 0 Å². The third-order valence-electron chi connectivity index (χ3n) is 11.5. The number of aromatic nitrogens is 8. The van der Waals surface area contributed by atoms with Gasteiger partial charge in [-0.3, -0.25) is 0 Å². The van der Waals surface area contributed by atoms with Crippen LogP contribution in [0.25, 0.3) is 113 Å². The van der Waals surface area contributed by atoms with E-state index in [-0.39, 0.29) is 0 Å². The number of rotatable bonds is 9. The van der Waals surface area contributed by atoms with E-state index in [4.69, 9.17) is 34.9 Å². The molecule has 0 fully saturated rings. The number of fused-ring (bicyclic) bond motifs is 1. The summed E-state index contributed by atoms with van der Waals surface area (Å²) >= 11 is 0. The minimum absolute atomic E-state index is 0.579. The fourth-order valence-electron chi connectivity index (χ4n) is 8.42. The van der Waals surface area contributed by atoms with Crippen molar-refractivity contribution in [1.82, 2.24) is 39.9 Å². The standard InChI is InChI=1S/C58H40N8/c1-37-33-51(60-38(2)59-37)52-49(44-25-14-27-46(35-44)56-62-53(40-18-6-3-7-19-40)61-54(63-56)41-20-8-4-9-21-41)29-16-30-50(52)45-26-15-28-47(36-45)57-64-55(42-22-10-5-11-23-42)65-58(66-57)48-32-31-39-17-12-13-24-43(39)34-48/h3-36H,1-2H3. The Morgan fingerprint density at radius 1 is 0.258 bits per heavy atom. The lowest BCUT2D eigenvalue weighted by atomic mass is 9.88. The first kappa shape index (κ1) is 39.9. The molecule has 0 N–H and O–H groups in total. The van der Waals surface area contributed by atoms with Crippen LogP contribution >= 0.6 is 0 Å². The van der Waals surface area contributed by atoms with Crippen molar-refractivity contribution in [3.8, 4) is 102 Å². The van der Waals surface area contributed by atoms with Crippen LogP contribution in [0.2, 0.25) is 0 Å². The second-order valence-corrected chi connectivity index (χ2v) is 16.1. The quantitative estimate of drug-likeness (QED) is 0.141. The van der Waals surface area contributed by atoms with Crippen molar-refractivity contribution < 1.29 is 0 Å². The van der Waals surface area contributed by atoms with E-state index in [1.165, 1.54) is 0 Å². The fourth-order valence-corrected chi connectivity index (χ4v) is 8.42. The summed E-state index contributed by atoms with van der Waals surface area (Å²) in [5, 5.41) is 2.28. The van der Waals surface area contributed by atoms with Gasteiger partial charge in [0, 0.05) is 44.6 Å². The van der Waals surface area contributed by atoms with E-state index < -0.39 is 0 Å². The average Bonchev–Trinajstić information content (AvgIpc) is 3.38. The summed E-state index contributed by atoms with van der Waals surface area (Å²) in [4.78, 5) is 40.0. The van der Waals surface area contributed by atoms with Crippen molar-refractivity contribution in [2.45, 2.75) is 13.8 Å². The number of nitrogens with zero attached hydrogens (tertiary/aromatic N) is 8. The van der Waals surface area contributed by atoms with Crippen molar-refractivity contribution in [1.29, 1.82) is 0 Å². The van der Waals surface area contributed by atoms with Gasteiger partial charge in [-0.15, -0.1) is 0 Å². The Kier molecular flexibility index (Phi) is 10.5. The fraction of sp³-hybridized carbons (Fsp3) is 0.0345. The Hall–Kier alpha value is -8.88. The van der Waals surface area contributed by atoms with Gasteiger partial charge in [-0.1, -0.05) is 182 Å². The SMILES string of the molecule is Cc1cc(-c2c(-c3cccc(-c4nc(-c5ccccc5)nc(-c5ccccc5)n4)c3)cccc2-c2cccc(-c3nc(-c4ccccc4)nc(-c4ccc5ccccc5c4)n3)c2)nc(C)n1. The Morgan fingerprint density at radius 3 is 1.11 bits per heavy atom. The van der Waals surface area contributed by atoms with Crippen LogP contribution in [0.1, 0.15) is 11.5 Å². The third kappa shape index (κ3) is 8.11. The van der Waals surface area contributed by atoms with Crippen LogP contribution in [0, 0.1) is 13.8 Å². The van der Waals surface area contributed by atoms with Gasteiger partial charge in [0.25, 0.3) is 0 Å². The largest absolute Gasteiger partial charge is 0.239 e. The first-order chi connectivity index (χ1) is 32.5. The zero-order valence-corrected chi connectivity index (χ0v) is 36.2. The van der Waals surface area contributed by atoms with Gasteiger partial charge in [0.15, 0.2) is 34.9 Å². The Bertz CT molecular complexity index is 3480. The Balaban J connectivity index is 1.06. The molecular formula is C58H40N8. The van der Waals surface area contributed by atoms with Gasteiger partial charge >= 0.3 is 0 Å². The van der Waals surface area contributed by atoms with Crippen LogP contribution in [-0.4, -0.2) is 39.9 Å². The van der Waals surface area contributed by atoms with Gasteiger partial charge in [0.1, 0.15) is 5.82 Å². The summed E-state index contributed by atoms with van der Waals surface area (Å²) in [5.74, 6) is 4.29. The topological polar surface area (TPSA) is 103 Å². The predicted octanol–water partition coefficient (Wildman–Crippen LogP) is 13.6. The normalized spacial score (nSPS) is 11.2. The summed E-state index contributed by atoms with van der Waals surface area (Å²) in [6, 6.07) is 70.1. The molecule has 0 bridgehead atoms. The molecule has 8 aromatic carbocycles. The molecule has 0 amide bonds. The zero-order valence-electron chi connectivity index (χ0n) is 36.2. The highest BCUT2D eigenvalue weighted by atomic mass is 15.0. The average molecular weight is 849 g/mol. The Labute approximate surface area is 382 Å². The van der Waals surface area contributed by atoms with Gasteiger partial charge in [-0.25, -0.2) is 39.9 Å². The molecule has 8 nitrogen and oxygen atoms in total. The smallest absolute Gasteiger partial charge is 0.164 e. The molecule has 11 rings (SSSR count). The molecule has 11 aromatic rings. The zero-order chi connectivity index (χ0) is 44.4. The van der Waals surface area contributed by atoms with Crippen molar-refractivity contribution >= 4 is 10.8 Å². The van der Waals surface area contributed by atoms with Crippen LogP contribution in [0.4, 0.5) is 0 Å². The van der Waals surface area contributed by atoms with Crippen LogP contribution in [0.3, 0.4) is 0 Å². The maximum atomic E-state index is 5.14. The molecule has 66 heavy (non-hydrogen) atoms. The molecule has 0 aliphatic carbocycles. The van der Waals surface area contributed by atoms with Gasteiger partial charge in [-0.2, -0.15) is 0 Å². The van der Waals surface area contributed by atoms with E-state index >= 15 is 0 Å². The first-order valence-corrected chi connectivity index (χ1v) is 21.8. The first-order valence-electron chi connectivity index (χ1n) is 21.8. The second kappa shape index (κ2) is 17.4. The lowest BCUT2D eigenvalue weighted by Gasteiger charge is -2.17. The number of hydrogen-bond acceptors (Lipinski definition) is 8. The van der Waals surface area contributed by atoms with Crippen LogP contribution in [0.15, 0.2) is 206 Å². The van der Waals surface area contributed by atoms with E-state index in [0.717, 1.165) is 83.4 Å². The lowest BCUT2D eigenvalue weighted by molar-refractivity contribution is 1.02. The van der Waals surface area contributed by atoms with Crippen LogP contribution in [-0.2, 0) is 0 Å². The van der Waals surface area contributed by atoms with Crippen LogP contribution in [0.5, 0.6) is 0 Å². The van der Waals surface area contributed by atoms with Gasteiger partial charge in [0.05, 0.1) is 5.69 Å². The molecule has 3 aromatic heterocycles. The summed E-state index contributed by atoms with van der Waals surface area (Å²) < 4.78 is 0. The predicted molar refractivity (Wildman–Crippen MR) is 265 cm³/mol. The highest BCUT2D eigenvalue weighted by Gasteiger charge is 2.20. The molecule has 0 saturated heterocycles. The van der Waals surface area contributed by atoms with Gasteiger partial charge in [0.2, 0.25) is 0 Å². The van der Waals surface area contributed by atoms with Crippen LogP contribution < -0.4 is 0 Å². The molecule has 3 heterocycles. The molecule has 0 unspecified atom stereocenters.